The fourth-order valence-corrected chi connectivity index (χ4v) is 5.65. The van der Waals surface area contributed by atoms with Crippen LogP contribution in [0.4, 0.5) is 0 Å². The Morgan fingerprint density at radius 1 is 1.18 bits per heavy atom. The van der Waals surface area contributed by atoms with E-state index in [1.165, 1.54) is 0 Å². The van der Waals surface area contributed by atoms with E-state index in [4.69, 9.17) is 9.47 Å². The Bertz CT molecular complexity index is 1170. The van der Waals surface area contributed by atoms with Gasteiger partial charge in [-0.3, -0.25) is 9.59 Å². The van der Waals surface area contributed by atoms with Crippen LogP contribution in [0.1, 0.15) is 54.5 Å². The fourth-order valence-electron chi connectivity index (χ4n) is 5.65. The maximum Gasteiger partial charge on any atom is 0.243 e. The lowest BCUT2D eigenvalue weighted by Gasteiger charge is -2.31. The first-order valence-corrected chi connectivity index (χ1v) is 14.0. The zero-order valence-corrected chi connectivity index (χ0v) is 23.3. The van der Waals surface area contributed by atoms with Gasteiger partial charge in [0.1, 0.15) is 11.8 Å². The smallest absolute Gasteiger partial charge is 0.243 e. The van der Waals surface area contributed by atoms with Crippen LogP contribution >= 0.6 is 0 Å². The summed E-state index contributed by atoms with van der Waals surface area (Å²) in [6.07, 6.45) is 5.13. The van der Waals surface area contributed by atoms with Gasteiger partial charge < -0.3 is 30.1 Å². The predicted octanol–water partition coefficient (Wildman–Crippen LogP) is 3.63. The van der Waals surface area contributed by atoms with E-state index in [0.29, 0.717) is 38.8 Å². The molecule has 1 aliphatic carbocycles. The number of nitrogens with one attached hydrogen (secondary N) is 2. The van der Waals surface area contributed by atoms with Crippen molar-refractivity contribution in [3.05, 3.63) is 90.5 Å². The maximum atomic E-state index is 13.5. The molecule has 5 atom stereocenters. The molecular weight excluding hydrogens is 506 g/mol. The van der Waals surface area contributed by atoms with Gasteiger partial charge in [-0.15, -0.1) is 13.2 Å². The number of fused-ring (bicyclic) bond motifs is 1. The van der Waals surface area contributed by atoms with Crippen LogP contribution in [0, 0.1) is 0 Å². The molecule has 3 unspecified atom stereocenters. The number of carbonyl (C=O) groups is 2. The van der Waals surface area contributed by atoms with Gasteiger partial charge in [-0.2, -0.15) is 0 Å². The van der Waals surface area contributed by atoms with Crippen molar-refractivity contribution >= 4 is 11.8 Å². The SMILES string of the molecule is C=CCOC1CC(NC[C@H](O)[C@H](Cc2ccccc2)NC(=O)C(CC=C)N2CCCC2=O)c2cc(OC)ccc21. The first-order valence-electron chi connectivity index (χ1n) is 14.0. The van der Waals surface area contributed by atoms with Crippen LogP contribution in [0.3, 0.4) is 0 Å². The summed E-state index contributed by atoms with van der Waals surface area (Å²) < 4.78 is 11.5. The molecule has 4 rings (SSSR count). The molecule has 40 heavy (non-hydrogen) atoms. The molecule has 0 radical (unpaired) electrons. The van der Waals surface area contributed by atoms with Crippen molar-refractivity contribution in [3.63, 3.8) is 0 Å². The van der Waals surface area contributed by atoms with Crippen molar-refractivity contribution in [2.24, 2.45) is 0 Å². The van der Waals surface area contributed by atoms with Gasteiger partial charge in [0.05, 0.1) is 32.0 Å². The van der Waals surface area contributed by atoms with E-state index in [-0.39, 0.29) is 30.5 Å². The average Bonchev–Trinajstić information content (AvgIpc) is 3.55. The van der Waals surface area contributed by atoms with E-state index in [2.05, 4.69) is 23.8 Å². The highest BCUT2D eigenvalue weighted by Crippen LogP contribution is 2.42. The second-order valence-electron chi connectivity index (χ2n) is 10.4. The van der Waals surface area contributed by atoms with E-state index in [1.54, 1.807) is 24.2 Å². The molecule has 1 fully saturated rings. The summed E-state index contributed by atoms with van der Waals surface area (Å²) >= 11 is 0. The number of likely N-dealkylation sites (tertiary alicyclic amines) is 1. The van der Waals surface area contributed by atoms with Crippen LogP contribution in [0.25, 0.3) is 0 Å². The Labute approximate surface area is 237 Å². The van der Waals surface area contributed by atoms with Gasteiger partial charge in [-0.1, -0.05) is 48.6 Å². The number of methoxy groups -OCH3 is 1. The lowest BCUT2D eigenvalue weighted by molar-refractivity contribution is -0.138. The van der Waals surface area contributed by atoms with E-state index in [1.807, 2.05) is 48.5 Å². The molecule has 1 heterocycles. The molecule has 3 N–H and O–H groups in total. The summed E-state index contributed by atoms with van der Waals surface area (Å²) in [6.45, 7) is 8.80. The average molecular weight is 548 g/mol. The van der Waals surface area contributed by atoms with Crippen molar-refractivity contribution in [1.82, 2.24) is 15.5 Å². The number of hydrogen-bond acceptors (Lipinski definition) is 6. The molecule has 0 saturated carbocycles. The molecule has 214 valence electrons. The van der Waals surface area contributed by atoms with Gasteiger partial charge >= 0.3 is 0 Å². The summed E-state index contributed by atoms with van der Waals surface area (Å²) in [6, 6.07) is 14.5. The Hall–Kier alpha value is -3.46. The number of aliphatic hydroxyl groups excluding tert-OH is 1. The lowest BCUT2D eigenvalue weighted by Crippen LogP contribution is -2.55. The highest BCUT2D eigenvalue weighted by atomic mass is 16.5. The molecule has 0 bridgehead atoms. The molecule has 1 saturated heterocycles. The summed E-state index contributed by atoms with van der Waals surface area (Å²) in [4.78, 5) is 27.5. The van der Waals surface area contributed by atoms with Gasteiger partial charge in [-0.05, 0) is 54.5 Å². The zero-order valence-electron chi connectivity index (χ0n) is 23.3. The summed E-state index contributed by atoms with van der Waals surface area (Å²) in [5.74, 6) is 0.464. The van der Waals surface area contributed by atoms with E-state index in [9.17, 15) is 14.7 Å². The molecule has 8 nitrogen and oxygen atoms in total. The minimum absolute atomic E-state index is 0.0209. The van der Waals surface area contributed by atoms with Crippen molar-refractivity contribution in [3.8, 4) is 5.75 Å². The maximum absolute atomic E-state index is 13.5. The topological polar surface area (TPSA) is 100 Å². The monoisotopic (exact) mass is 547 g/mol. The van der Waals surface area contributed by atoms with Gasteiger partial charge in [0.2, 0.25) is 11.8 Å². The third-order valence-corrected chi connectivity index (χ3v) is 7.72. The minimum Gasteiger partial charge on any atom is -0.497 e. The van der Waals surface area contributed by atoms with Crippen molar-refractivity contribution < 1.29 is 24.2 Å². The lowest BCUT2D eigenvalue weighted by atomic mass is 9.99. The molecule has 2 aromatic carbocycles. The number of hydrogen-bond donors (Lipinski definition) is 3. The second-order valence-corrected chi connectivity index (χ2v) is 10.4. The quantitative estimate of drug-likeness (QED) is 0.295. The molecule has 1 aliphatic heterocycles. The number of amides is 2. The van der Waals surface area contributed by atoms with Gasteiger partial charge in [0, 0.05) is 25.6 Å². The summed E-state index contributed by atoms with van der Waals surface area (Å²) in [5, 5.41) is 18.0. The van der Waals surface area contributed by atoms with E-state index >= 15 is 0 Å². The van der Waals surface area contributed by atoms with Gasteiger partial charge in [0.15, 0.2) is 0 Å². The largest absolute Gasteiger partial charge is 0.497 e. The zero-order chi connectivity index (χ0) is 28.5. The molecule has 2 aromatic rings. The number of aliphatic hydroxyl groups is 1. The number of carbonyl (C=O) groups excluding carboxylic acids is 2. The number of rotatable bonds is 15. The Kier molecular flexibility index (Phi) is 10.5. The molecule has 2 aliphatic rings. The highest BCUT2D eigenvalue weighted by Gasteiger charge is 2.35. The highest BCUT2D eigenvalue weighted by molar-refractivity contribution is 5.89. The summed E-state index contributed by atoms with van der Waals surface area (Å²) in [7, 11) is 1.64. The molecule has 2 amide bonds. The molecule has 0 aromatic heterocycles. The molecule has 0 spiro atoms. The van der Waals surface area contributed by atoms with Crippen LogP contribution < -0.4 is 15.4 Å². The number of nitrogens with zero attached hydrogens (tertiary/aromatic N) is 1. The van der Waals surface area contributed by atoms with Gasteiger partial charge in [0.25, 0.3) is 0 Å². The van der Waals surface area contributed by atoms with Crippen LogP contribution in [-0.4, -0.2) is 66.8 Å². The number of ether oxygens (including phenoxy) is 2. The third kappa shape index (κ3) is 7.18. The van der Waals surface area contributed by atoms with Gasteiger partial charge in [-0.25, -0.2) is 0 Å². The van der Waals surface area contributed by atoms with Crippen molar-refractivity contribution in [2.45, 2.75) is 62.4 Å². The third-order valence-electron chi connectivity index (χ3n) is 7.72. The van der Waals surface area contributed by atoms with Crippen LogP contribution in [0.2, 0.25) is 0 Å². The Balaban J connectivity index is 1.49. The standard InChI is InChI=1S/C32H41N3O5/c1-4-10-28(35-16-9-13-31(35)37)32(38)34-27(18-22-11-7-6-8-12-22)29(36)21-33-26-20-30(40-17-5-2)24-15-14-23(39-3)19-25(24)26/h4-8,11-12,14-15,19,26-30,33,36H,1-2,9-10,13,16-18,20-21H2,3H3,(H,34,38)/t26?,27-,28?,29-,30?/m0/s1. The first kappa shape index (κ1) is 29.5. The predicted molar refractivity (Wildman–Crippen MR) is 155 cm³/mol. The normalized spacial score (nSPS) is 20.4. The van der Waals surface area contributed by atoms with Crippen LogP contribution in [0.5, 0.6) is 5.75 Å². The van der Waals surface area contributed by atoms with E-state index in [0.717, 1.165) is 28.9 Å². The number of benzene rings is 2. The van der Waals surface area contributed by atoms with E-state index < -0.39 is 18.2 Å². The fraction of sp³-hybridized carbons (Fsp3) is 0.438. The minimum atomic E-state index is -0.884. The van der Waals surface area contributed by atoms with Crippen LogP contribution in [0.15, 0.2) is 73.8 Å². The second kappa shape index (κ2) is 14.3. The molecule has 8 heteroatoms. The Morgan fingerprint density at radius 3 is 2.65 bits per heavy atom. The van der Waals surface area contributed by atoms with Crippen molar-refractivity contribution in [1.29, 1.82) is 0 Å². The summed E-state index contributed by atoms with van der Waals surface area (Å²) in [5.41, 5.74) is 3.16. The van der Waals surface area contributed by atoms with Crippen molar-refractivity contribution in [2.75, 3.05) is 26.8 Å². The first-order chi connectivity index (χ1) is 19.4. The van der Waals surface area contributed by atoms with Crippen LogP contribution in [-0.2, 0) is 20.7 Å². The molecular formula is C32H41N3O5. The Morgan fingerprint density at radius 2 is 1.98 bits per heavy atom.